The quantitative estimate of drug-likeness (QED) is 0.169. The summed E-state index contributed by atoms with van der Waals surface area (Å²) in [6, 6.07) is -0.149. The fourth-order valence-corrected chi connectivity index (χ4v) is 2.94. The summed E-state index contributed by atoms with van der Waals surface area (Å²) in [5.74, 6) is -0.573. The molecule has 0 aliphatic carbocycles. The average molecular weight is 367 g/mol. The highest BCUT2D eigenvalue weighted by atomic mass is 127. The normalized spacial score (nSPS) is 27.8. The van der Waals surface area contributed by atoms with Gasteiger partial charge in [-0.1, -0.05) is 53.9 Å². The summed E-state index contributed by atoms with van der Waals surface area (Å²) in [5, 5.41) is 3.84. The Balaban J connectivity index is 2.68. The number of nitrogens with zero attached hydrogens (tertiary/aromatic N) is 3. The summed E-state index contributed by atoms with van der Waals surface area (Å²) >= 11 is 2.23. The summed E-state index contributed by atoms with van der Waals surface area (Å²) in [7, 11) is 0. The largest absolute Gasteiger partial charge is 0.345 e. The minimum atomic E-state index is -0.573. The molecule has 1 rings (SSSR count). The number of halogens is 1. The van der Waals surface area contributed by atoms with Crippen molar-refractivity contribution in [2.75, 3.05) is 4.43 Å². The maximum Gasteiger partial charge on any atom is 0.163 e. The Morgan fingerprint density at radius 3 is 2.67 bits per heavy atom. The predicted molar refractivity (Wildman–Crippen MR) is 79.8 cm³/mol. The molecule has 0 aromatic rings. The molecule has 3 atom stereocenters. The number of ether oxygens (including phenoxy) is 2. The van der Waals surface area contributed by atoms with Gasteiger partial charge >= 0.3 is 0 Å². The Kier molecular flexibility index (Phi) is 6.70. The molecule has 6 heteroatoms. The van der Waals surface area contributed by atoms with E-state index in [1.54, 1.807) is 0 Å². The van der Waals surface area contributed by atoms with Gasteiger partial charge in [-0.05, 0) is 25.8 Å². The lowest BCUT2D eigenvalue weighted by Gasteiger charge is -2.21. The number of hydrogen-bond donors (Lipinski definition) is 0. The molecule has 104 valence electrons. The van der Waals surface area contributed by atoms with Crippen LogP contribution in [0.4, 0.5) is 0 Å². The molecule has 0 unspecified atom stereocenters. The van der Waals surface area contributed by atoms with Crippen LogP contribution in [0.5, 0.6) is 0 Å². The molecule has 0 aromatic carbocycles. The van der Waals surface area contributed by atoms with Crippen molar-refractivity contribution in [3.05, 3.63) is 10.4 Å². The van der Waals surface area contributed by atoms with Gasteiger partial charge in [0.25, 0.3) is 0 Å². The van der Waals surface area contributed by atoms with Crippen LogP contribution in [0, 0.1) is 0 Å². The van der Waals surface area contributed by atoms with Crippen molar-refractivity contribution in [1.29, 1.82) is 0 Å². The Bertz CT molecular complexity index is 306. The molecule has 0 radical (unpaired) electrons. The Morgan fingerprint density at radius 1 is 1.39 bits per heavy atom. The zero-order valence-corrected chi connectivity index (χ0v) is 13.5. The van der Waals surface area contributed by atoms with E-state index in [0.717, 1.165) is 17.3 Å². The Morgan fingerprint density at radius 2 is 2.11 bits per heavy atom. The fraction of sp³-hybridized carbons (Fsp3) is 1.00. The molecule has 1 heterocycles. The van der Waals surface area contributed by atoms with E-state index in [9.17, 15) is 0 Å². The smallest absolute Gasteiger partial charge is 0.163 e. The van der Waals surface area contributed by atoms with E-state index in [4.69, 9.17) is 15.0 Å². The number of azide groups is 1. The topological polar surface area (TPSA) is 67.2 Å². The van der Waals surface area contributed by atoms with Crippen molar-refractivity contribution in [3.8, 4) is 0 Å². The molecule has 1 aliphatic rings. The van der Waals surface area contributed by atoms with Crippen molar-refractivity contribution in [2.45, 2.75) is 70.5 Å². The molecular formula is C12H22IN3O2. The minimum Gasteiger partial charge on any atom is -0.345 e. The van der Waals surface area contributed by atoms with Crippen LogP contribution in [0.2, 0.25) is 0 Å². The van der Waals surface area contributed by atoms with E-state index >= 15 is 0 Å². The second kappa shape index (κ2) is 7.53. The van der Waals surface area contributed by atoms with Crippen LogP contribution in [0.3, 0.4) is 0 Å². The van der Waals surface area contributed by atoms with Gasteiger partial charge in [-0.15, -0.1) is 0 Å². The zero-order chi connectivity index (χ0) is 13.6. The molecule has 0 N–H and O–H groups in total. The third-order valence-electron chi connectivity index (χ3n) is 3.05. The molecule has 1 aliphatic heterocycles. The first kappa shape index (κ1) is 16.0. The van der Waals surface area contributed by atoms with Crippen LogP contribution in [-0.4, -0.2) is 28.5 Å². The van der Waals surface area contributed by atoms with E-state index < -0.39 is 5.79 Å². The molecule has 0 amide bonds. The van der Waals surface area contributed by atoms with E-state index in [1.165, 1.54) is 12.8 Å². The van der Waals surface area contributed by atoms with Gasteiger partial charge in [0.05, 0.1) is 18.2 Å². The lowest BCUT2D eigenvalue weighted by Crippen LogP contribution is -2.35. The highest BCUT2D eigenvalue weighted by Gasteiger charge is 2.44. The van der Waals surface area contributed by atoms with E-state index in [2.05, 4.69) is 39.5 Å². The third-order valence-corrected chi connectivity index (χ3v) is 3.95. The first-order valence-electron chi connectivity index (χ1n) is 6.50. The van der Waals surface area contributed by atoms with Crippen molar-refractivity contribution in [1.82, 2.24) is 0 Å². The number of hydrogen-bond acceptors (Lipinski definition) is 3. The maximum atomic E-state index is 8.62. The second-order valence-electron chi connectivity index (χ2n) is 5.06. The van der Waals surface area contributed by atoms with Crippen LogP contribution in [0.1, 0.15) is 46.5 Å². The van der Waals surface area contributed by atoms with Gasteiger partial charge in [-0.2, -0.15) is 0 Å². The van der Waals surface area contributed by atoms with Crippen LogP contribution >= 0.6 is 22.6 Å². The van der Waals surface area contributed by atoms with Crippen molar-refractivity contribution in [2.24, 2.45) is 5.11 Å². The number of unbranched alkanes of at least 4 members (excludes halogenated alkanes) is 2. The molecule has 5 nitrogen and oxygen atoms in total. The average Bonchev–Trinajstić information content (AvgIpc) is 2.62. The first-order valence-corrected chi connectivity index (χ1v) is 8.02. The standard InChI is InChI=1S/C12H22IN3O2/c1-4-5-6-7-10-11(9(8-13)15-16-14)18-12(2,3)17-10/h9-11H,4-8H2,1-3H3/t9-,10+,11-/m0/s1. The van der Waals surface area contributed by atoms with Gasteiger partial charge in [-0.3, -0.25) is 0 Å². The van der Waals surface area contributed by atoms with Gasteiger partial charge in [0.1, 0.15) is 0 Å². The van der Waals surface area contributed by atoms with Crippen molar-refractivity contribution >= 4 is 22.6 Å². The molecule has 0 bridgehead atoms. The molecule has 18 heavy (non-hydrogen) atoms. The van der Waals surface area contributed by atoms with Crippen LogP contribution in [-0.2, 0) is 9.47 Å². The van der Waals surface area contributed by atoms with Gasteiger partial charge < -0.3 is 9.47 Å². The van der Waals surface area contributed by atoms with Gasteiger partial charge in [-0.25, -0.2) is 0 Å². The lowest BCUT2D eigenvalue weighted by atomic mass is 10.0. The van der Waals surface area contributed by atoms with Gasteiger partial charge in [0, 0.05) is 9.34 Å². The number of alkyl halides is 1. The summed E-state index contributed by atoms with van der Waals surface area (Å²) in [4.78, 5) is 2.91. The number of rotatable bonds is 7. The molecule has 1 fully saturated rings. The summed E-state index contributed by atoms with van der Waals surface area (Å²) < 4.78 is 12.6. The maximum absolute atomic E-state index is 8.62. The SMILES string of the molecule is CCCCC[C@H]1OC(C)(C)O[C@H]1[C@H](CI)N=[N+]=[N-]. The van der Waals surface area contributed by atoms with Crippen LogP contribution in [0.25, 0.3) is 10.4 Å². The fourth-order valence-electron chi connectivity index (χ4n) is 2.26. The summed E-state index contributed by atoms with van der Waals surface area (Å²) in [6.45, 7) is 6.02. The molecule has 1 saturated heterocycles. The highest BCUT2D eigenvalue weighted by molar-refractivity contribution is 14.1. The van der Waals surface area contributed by atoms with Crippen LogP contribution in [0.15, 0.2) is 5.11 Å². The summed E-state index contributed by atoms with van der Waals surface area (Å²) in [6.07, 6.45) is 4.40. The molecular weight excluding hydrogens is 345 g/mol. The monoisotopic (exact) mass is 367 g/mol. The van der Waals surface area contributed by atoms with Gasteiger partial charge in [0.15, 0.2) is 5.79 Å². The lowest BCUT2D eigenvalue weighted by molar-refractivity contribution is -0.147. The summed E-state index contributed by atoms with van der Waals surface area (Å²) in [5.41, 5.74) is 8.62. The Labute approximate surface area is 122 Å². The van der Waals surface area contributed by atoms with E-state index in [-0.39, 0.29) is 18.2 Å². The van der Waals surface area contributed by atoms with Crippen molar-refractivity contribution < 1.29 is 9.47 Å². The van der Waals surface area contributed by atoms with E-state index in [0.29, 0.717) is 0 Å². The van der Waals surface area contributed by atoms with Crippen molar-refractivity contribution in [3.63, 3.8) is 0 Å². The third kappa shape index (κ3) is 4.57. The Hall–Kier alpha value is -0.0400. The minimum absolute atomic E-state index is 0.0387. The first-order chi connectivity index (χ1) is 8.54. The molecule has 0 aromatic heterocycles. The zero-order valence-electron chi connectivity index (χ0n) is 11.3. The van der Waals surface area contributed by atoms with Crippen LogP contribution < -0.4 is 0 Å². The molecule has 0 spiro atoms. The highest BCUT2D eigenvalue weighted by Crippen LogP contribution is 2.34. The van der Waals surface area contributed by atoms with E-state index in [1.807, 2.05) is 13.8 Å². The predicted octanol–water partition coefficient (Wildman–Crippen LogP) is 4.20. The second-order valence-corrected chi connectivity index (χ2v) is 5.94. The molecule has 0 saturated carbocycles. The van der Waals surface area contributed by atoms with Gasteiger partial charge in [0.2, 0.25) is 0 Å².